The largest absolute Gasteiger partial charge is 0.303 e. The lowest BCUT2D eigenvalue weighted by Crippen LogP contribution is -2.41. The van der Waals surface area contributed by atoms with Crippen molar-refractivity contribution in [3.63, 3.8) is 0 Å². The fourth-order valence-corrected chi connectivity index (χ4v) is 2.02. The molecule has 1 heterocycles. The van der Waals surface area contributed by atoms with Crippen LogP contribution in [0.3, 0.4) is 0 Å². The Kier molecular flexibility index (Phi) is 3.96. The van der Waals surface area contributed by atoms with Crippen molar-refractivity contribution in [2.45, 2.75) is 0 Å². The number of hydrogen-bond acceptors (Lipinski definition) is 3. The number of piperazine rings is 1. The summed E-state index contributed by atoms with van der Waals surface area (Å²) in [6, 6.07) is 8.13. The van der Waals surface area contributed by atoms with Crippen LogP contribution < -0.4 is 0 Å². The zero-order valence-corrected chi connectivity index (χ0v) is 11.0. The molecule has 0 bridgehead atoms. The third kappa shape index (κ3) is 3.06. The molecule has 1 aliphatic heterocycles. The molecule has 1 aromatic carbocycles. The molecule has 2 rings (SSSR count). The van der Waals surface area contributed by atoms with Crippen LogP contribution >= 0.6 is 15.9 Å². The zero-order chi connectivity index (χ0) is 11.4. The third-order valence-corrected chi connectivity index (χ3v) is 3.47. The molecule has 3 nitrogen and oxygen atoms in total. The van der Waals surface area contributed by atoms with Crippen LogP contribution in [0.5, 0.6) is 0 Å². The molecular formula is C12H16BrN3. The molecule has 0 saturated carbocycles. The van der Waals surface area contributed by atoms with Crippen molar-refractivity contribution < 1.29 is 0 Å². The number of rotatable bonds is 2. The first-order chi connectivity index (χ1) is 7.75. The highest BCUT2D eigenvalue weighted by Gasteiger charge is 2.10. The van der Waals surface area contributed by atoms with E-state index in [1.807, 2.05) is 24.4 Å². The minimum atomic E-state index is 1.01. The number of hydrazone groups is 1. The summed E-state index contributed by atoms with van der Waals surface area (Å²) in [4.78, 5) is 2.32. The lowest BCUT2D eigenvalue weighted by molar-refractivity contribution is 0.159. The van der Waals surface area contributed by atoms with Gasteiger partial charge in [0.05, 0.1) is 6.21 Å². The van der Waals surface area contributed by atoms with E-state index in [1.165, 1.54) is 0 Å². The second kappa shape index (κ2) is 5.46. The van der Waals surface area contributed by atoms with Gasteiger partial charge < -0.3 is 4.90 Å². The molecule has 1 aromatic rings. The van der Waals surface area contributed by atoms with Gasteiger partial charge in [0.2, 0.25) is 0 Å². The number of nitrogens with zero attached hydrogens (tertiary/aromatic N) is 3. The number of likely N-dealkylation sites (N-methyl/N-ethyl adjacent to an activating group) is 1. The maximum Gasteiger partial charge on any atom is 0.0554 e. The van der Waals surface area contributed by atoms with Crippen LogP contribution in [0.15, 0.2) is 33.8 Å². The Labute approximate surface area is 105 Å². The minimum Gasteiger partial charge on any atom is -0.303 e. The molecule has 0 spiro atoms. The zero-order valence-electron chi connectivity index (χ0n) is 9.43. The Morgan fingerprint density at radius 3 is 2.56 bits per heavy atom. The smallest absolute Gasteiger partial charge is 0.0554 e. The Bertz CT molecular complexity index is 370. The Morgan fingerprint density at radius 2 is 1.88 bits per heavy atom. The van der Waals surface area contributed by atoms with Crippen molar-refractivity contribution >= 4 is 22.1 Å². The normalized spacial score (nSPS) is 18.2. The highest BCUT2D eigenvalue weighted by molar-refractivity contribution is 9.10. The summed E-state index contributed by atoms with van der Waals surface area (Å²) in [5, 5.41) is 6.62. The van der Waals surface area contributed by atoms with Crippen LogP contribution in [0.25, 0.3) is 0 Å². The van der Waals surface area contributed by atoms with E-state index in [-0.39, 0.29) is 0 Å². The van der Waals surface area contributed by atoms with Gasteiger partial charge >= 0.3 is 0 Å². The standard InChI is InChI=1S/C12H16BrN3/c1-15-6-8-16(9-7-15)14-10-11-4-2-3-5-12(11)13/h2-5,10H,6-9H2,1H3/b14-10+. The molecule has 16 heavy (non-hydrogen) atoms. The predicted octanol–water partition coefficient (Wildman–Crippen LogP) is 2.03. The summed E-state index contributed by atoms with van der Waals surface area (Å²) < 4.78 is 1.09. The summed E-state index contributed by atoms with van der Waals surface area (Å²) in [6.07, 6.45) is 1.93. The highest BCUT2D eigenvalue weighted by Crippen LogP contribution is 2.13. The average molecular weight is 282 g/mol. The average Bonchev–Trinajstić information content (AvgIpc) is 2.30. The first-order valence-corrected chi connectivity index (χ1v) is 6.27. The fraction of sp³-hybridized carbons (Fsp3) is 0.417. The van der Waals surface area contributed by atoms with E-state index in [1.54, 1.807) is 0 Å². The van der Waals surface area contributed by atoms with E-state index in [4.69, 9.17) is 0 Å². The number of hydrogen-bond donors (Lipinski definition) is 0. The topological polar surface area (TPSA) is 18.8 Å². The second-order valence-corrected chi connectivity index (χ2v) is 4.88. The van der Waals surface area contributed by atoms with Crippen LogP contribution in [0.4, 0.5) is 0 Å². The molecule has 86 valence electrons. The molecule has 0 atom stereocenters. The second-order valence-electron chi connectivity index (χ2n) is 4.02. The molecule has 0 aliphatic carbocycles. The molecule has 0 unspecified atom stereocenters. The Morgan fingerprint density at radius 1 is 1.19 bits per heavy atom. The van der Waals surface area contributed by atoms with Crippen molar-refractivity contribution in [2.24, 2.45) is 5.10 Å². The minimum absolute atomic E-state index is 1.01. The summed E-state index contributed by atoms with van der Waals surface area (Å²) >= 11 is 3.51. The lowest BCUT2D eigenvalue weighted by atomic mass is 10.2. The fourth-order valence-electron chi connectivity index (χ4n) is 1.64. The summed E-state index contributed by atoms with van der Waals surface area (Å²) in [5.41, 5.74) is 1.13. The van der Waals surface area contributed by atoms with Crippen molar-refractivity contribution in [3.8, 4) is 0 Å². The molecule has 1 fully saturated rings. The van der Waals surface area contributed by atoms with E-state index < -0.39 is 0 Å². The predicted molar refractivity (Wildman–Crippen MR) is 70.8 cm³/mol. The van der Waals surface area contributed by atoms with Gasteiger partial charge in [0, 0.05) is 36.2 Å². The van der Waals surface area contributed by atoms with Gasteiger partial charge in [0.15, 0.2) is 0 Å². The molecule has 1 aliphatic rings. The van der Waals surface area contributed by atoms with Crippen molar-refractivity contribution in [3.05, 3.63) is 34.3 Å². The monoisotopic (exact) mass is 281 g/mol. The van der Waals surface area contributed by atoms with Gasteiger partial charge in [0.25, 0.3) is 0 Å². The van der Waals surface area contributed by atoms with Gasteiger partial charge in [-0.1, -0.05) is 34.1 Å². The van der Waals surface area contributed by atoms with E-state index in [2.05, 4.69) is 44.1 Å². The first-order valence-electron chi connectivity index (χ1n) is 5.48. The van der Waals surface area contributed by atoms with Crippen LogP contribution in [0, 0.1) is 0 Å². The van der Waals surface area contributed by atoms with Crippen LogP contribution in [0.2, 0.25) is 0 Å². The molecular weight excluding hydrogens is 266 g/mol. The van der Waals surface area contributed by atoms with E-state index in [0.29, 0.717) is 0 Å². The van der Waals surface area contributed by atoms with Gasteiger partial charge in [-0.15, -0.1) is 0 Å². The van der Waals surface area contributed by atoms with E-state index in [0.717, 1.165) is 36.2 Å². The molecule has 0 radical (unpaired) electrons. The molecule has 1 saturated heterocycles. The number of halogens is 1. The molecule has 4 heteroatoms. The molecule has 0 amide bonds. The SMILES string of the molecule is CN1CCN(/N=C/c2ccccc2Br)CC1. The lowest BCUT2D eigenvalue weighted by Gasteiger charge is -2.30. The maximum atomic E-state index is 4.50. The van der Waals surface area contributed by atoms with Crippen LogP contribution in [-0.2, 0) is 0 Å². The van der Waals surface area contributed by atoms with Gasteiger partial charge in [-0.2, -0.15) is 5.10 Å². The molecule has 0 aromatic heterocycles. The van der Waals surface area contributed by atoms with Crippen LogP contribution in [0.1, 0.15) is 5.56 Å². The highest BCUT2D eigenvalue weighted by atomic mass is 79.9. The van der Waals surface area contributed by atoms with Gasteiger partial charge in [0.1, 0.15) is 0 Å². The summed E-state index contributed by atoms with van der Waals surface area (Å²) in [5.74, 6) is 0. The van der Waals surface area contributed by atoms with Crippen molar-refractivity contribution in [1.82, 2.24) is 9.91 Å². The third-order valence-electron chi connectivity index (χ3n) is 2.75. The van der Waals surface area contributed by atoms with E-state index in [9.17, 15) is 0 Å². The summed E-state index contributed by atoms with van der Waals surface area (Å²) in [7, 11) is 2.15. The molecule has 0 N–H and O–H groups in total. The Hall–Kier alpha value is -0.870. The van der Waals surface area contributed by atoms with E-state index >= 15 is 0 Å². The quantitative estimate of drug-likeness (QED) is 0.773. The van der Waals surface area contributed by atoms with Crippen molar-refractivity contribution in [2.75, 3.05) is 33.2 Å². The van der Waals surface area contributed by atoms with Crippen molar-refractivity contribution in [1.29, 1.82) is 0 Å². The maximum absolute atomic E-state index is 4.50. The van der Waals surface area contributed by atoms with Gasteiger partial charge in [-0.3, -0.25) is 5.01 Å². The first kappa shape index (κ1) is 11.6. The summed E-state index contributed by atoms with van der Waals surface area (Å²) in [6.45, 7) is 4.20. The Balaban J connectivity index is 1.97. The van der Waals surface area contributed by atoms with Gasteiger partial charge in [-0.05, 0) is 13.1 Å². The van der Waals surface area contributed by atoms with Crippen LogP contribution in [-0.4, -0.2) is 49.4 Å². The van der Waals surface area contributed by atoms with Gasteiger partial charge in [-0.25, -0.2) is 0 Å². The number of benzene rings is 1.